The highest BCUT2D eigenvalue weighted by Crippen LogP contribution is 2.47. The molecule has 0 aliphatic carbocycles. The van der Waals surface area contributed by atoms with E-state index in [1.54, 1.807) is 26.8 Å². The van der Waals surface area contributed by atoms with Crippen molar-refractivity contribution in [2.24, 2.45) is 35.5 Å². The van der Waals surface area contributed by atoms with Crippen molar-refractivity contribution in [1.82, 2.24) is 0 Å². The lowest BCUT2D eigenvalue weighted by atomic mass is 9.77. The van der Waals surface area contributed by atoms with Crippen LogP contribution in [0.1, 0.15) is 138 Å². The summed E-state index contributed by atoms with van der Waals surface area (Å²) in [6.07, 6.45) is 13.2. The molecule has 3 aliphatic rings. The zero-order chi connectivity index (χ0) is 42.3. The summed E-state index contributed by atoms with van der Waals surface area (Å²) in [4.78, 5) is 13.7. The van der Waals surface area contributed by atoms with Crippen molar-refractivity contribution in [1.29, 1.82) is 0 Å². The van der Waals surface area contributed by atoms with Crippen LogP contribution in [-0.2, 0) is 23.7 Å². The standard InChI is InChI=1S/C46H80O11/c1-9-34-15-13-11-12-14-16-38(49)32(6)39(50)26-36(54-8)27-40(51)33(7)45(53)30(4)17-22-44(52)55-43-28-46(24-23-29(3)42(57-46)25-35(48)10-2)56-41(21-19-34)37(43)20-18-31(5)47/h11-13,15,17,22,29-43,45,47-51,53H,9-10,14,16,18-21,23-28H2,1-8H3. The van der Waals surface area contributed by atoms with Crippen molar-refractivity contribution >= 4 is 5.97 Å². The molecule has 11 nitrogen and oxygen atoms in total. The highest BCUT2D eigenvalue weighted by molar-refractivity contribution is 5.82. The van der Waals surface area contributed by atoms with Gasteiger partial charge in [0.2, 0.25) is 0 Å². The van der Waals surface area contributed by atoms with E-state index in [1.165, 1.54) is 13.2 Å². The van der Waals surface area contributed by atoms with Crippen LogP contribution in [0, 0.1) is 35.5 Å². The smallest absolute Gasteiger partial charge is 0.330 e. The summed E-state index contributed by atoms with van der Waals surface area (Å²) in [5, 5.41) is 65.3. The Kier molecular flexibility index (Phi) is 21.4. The van der Waals surface area contributed by atoms with Crippen LogP contribution in [0.5, 0.6) is 0 Å². The maximum Gasteiger partial charge on any atom is 0.330 e. The number of methoxy groups -OCH3 is 1. The summed E-state index contributed by atoms with van der Waals surface area (Å²) >= 11 is 0. The molecule has 0 aromatic heterocycles. The van der Waals surface area contributed by atoms with Crippen LogP contribution < -0.4 is 0 Å². The number of rotatable bonds is 8. The molecule has 330 valence electrons. The van der Waals surface area contributed by atoms with Gasteiger partial charge in [-0.1, -0.05) is 71.9 Å². The van der Waals surface area contributed by atoms with Gasteiger partial charge in [0, 0.05) is 49.7 Å². The Hall–Kier alpha value is -1.67. The maximum absolute atomic E-state index is 13.7. The first-order valence-corrected chi connectivity index (χ1v) is 22.2. The van der Waals surface area contributed by atoms with Crippen LogP contribution in [0.3, 0.4) is 0 Å². The highest BCUT2D eigenvalue weighted by Gasteiger charge is 2.52. The fourth-order valence-corrected chi connectivity index (χ4v) is 8.85. The number of hydrogen-bond donors (Lipinski definition) is 6. The summed E-state index contributed by atoms with van der Waals surface area (Å²) in [5.41, 5.74) is 0. The molecule has 11 heteroatoms. The van der Waals surface area contributed by atoms with Crippen LogP contribution in [-0.4, -0.2) is 111 Å². The molecule has 2 saturated heterocycles. The fraction of sp³-hybridized carbons (Fsp3) is 0.848. The minimum atomic E-state index is -0.985. The van der Waals surface area contributed by atoms with E-state index in [2.05, 4.69) is 26.0 Å². The molecule has 17 unspecified atom stereocenters. The van der Waals surface area contributed by atoms with Gasteiger partial charge in [-0.15, -0.1) is 0 Å². The Labute approximate surface area is 343 Å². The molecule has 0 aromatic carbocycles. The third kappa shape index (κ3) is 15.7. The summed E-state index contributed by atoms with van der Waals surface area (Å²) in [5.74, 6) is -2.69. The van der Waals surface area contributed by atoms with E-state index < -0.39 is 78.3 Å². The Morgan fingerprint density at radius 2 is 1.58 bits per heavy atom. The number of carbonyl (C=O) groups excluding carboxylic acids is 1. The van der Waals surface area contributed by atoms with E-state index >= 15 is 0 Å². The SMILES string of the molecule is CCC(O)CC1OC2(CCC1C)CC1OC(=O)C=CC(C)C(O)C(C)C(O)CC(OC)CC(O)C(C)C(O)CCC=CC=CC(CC)CCC(O2)C1CCC(C)O. The minimum Gasteiger partial charge on any atom is -0.459 e. The van der Waals surface area contributed by atoms with Gasteiger partial charge in [-0.05, 0) is 95.8 Å². The number of aliphatic hydroxyl groups is 6. The second kappa shape index (κ2) is 24.6. The molecule has 1 spiro atoms. The number of ether oxygens (including phenoxy) is 4. The van der Waals surface area contributed by atoms with Crippen molar-refractivity contribution < 1.29 is 54.4 Å². The highest BCUT2D eigenvalue weighted by atomic mass is 16.7. The van der Waals surface area contributed by atoms with E-state index in [1.807, 2.05) is 26.0 Å². The molecule has 17 atom stereocenters. The molecular weight excluding hydrogens is 728 g/mol. The van der Waals surface area contributed by atoms with Gasteiger partial charge in [-0.3, -0.25) is 0 Å². The topological polar surface area (TPSA) is 175 Å². The Morgan fingerprint density at radius 3 is 2.23 bits per heavy atom. The summed E-state index contributed by atoms with van der Waals surface area (Å²) in [7, 11) is 1.53. The number of hydrogen-bond acceptors (Lipinski definition) is 11. The van der Waals surface area contributed by atoms with Crippen molar-refractivity contribution in [3.05, 3.63) is 36.5 Å². The van der Waals surface area contributed by atoms with Crippen molar-refractivity contribution in [3.8, 4) is 0 Å². The number of fused-ring (bicyclic) bond motifs is 2. The Bertz CT molecular complexity index is 1240. The average Bonchev–Trinajstić information content (AvgIpc) is 3.18. The minimum absolute atomic E-state index is 0.181. The number of carbonyl (C=O) groups is 1. The molecule has 0 radical (unpaired) electrons. The van der Waals surface area contributed by atoms with Gasteiger partial charge in [-0.2, -0.15) is 0 Å². The number of allylic oxidation sites excluding steroid dienone is 4. The van der Waals surface area contributed by atoms with Crippen LogP contribution in [0.2, 0.25) is 0 Å². The van der Waals surface area contributed by atoms with Gasteiger partial charge in [0.05, 0.1) is 54.9 Å². The predicted octanol–water partition coefficient (Wildman–Crippen LogP) is 6.55. The van der Waals surface area contributed by atoms with Crippen LogP contribution >= 0.6 is 0 Å². The van der Waals surface area contributed by atoms with Crippen LogP contribution in [0.4, 0.5) is 0 Å². The average molecular weight is 809 g/mol. The van der Waals surface area contributed by atoms with Gasteiger partial charge in [0.25, 0.3) is 0 Å². The lowest BCUT2D eigenvalue weighted by molar-refractivity contribution is -0.349. The van der Waals surface area contributed by atoms with Crippen molar-refractivity contribution in [2.45, 2.75) is 205 Å². The number of aliphatic hydroxyl groups excluding tert-OH is 6. The van der Waals surface area contributed by atoms with Crippen LogP contribution in [0.15, 0.2) is 36.5 Å². The molecule has 0 amide bonds. The summed E-state index contributed by atoms with van der Waals surface area (Å²) in [6, 6.07) is 0. The molecule has 0 saturated carbocycles. The molecule has 6 N–H and O–H groups in total. The molecule has 3 aliphatic heterocycles. The van der Waals surface area contributed by atoms with Gasteiger partial charge < -0.3 is 49.6 Å². The lowest BCUT2D eigenvalue weighted by Crippen LogP contribution is -2.58. The largest absolute Gasteiger partial charge is 0.459 e. The molecule has 57 heavy (non-hydrogen) atoms. The second-order valence-corrected chi connectivity index (χ2v) is 17.9. The fourth-order valence-electron chi connectivity index (χ4n) is 8.85. The molecule has 2 fully saturated rings. The molecule has 2 bridgehead atoms. The third-order valence-electron chi connectivity index (χ3n) is 13.4. The van der Waals surface area contributed by atoms with E-state index in [4.69, 9.17) is 18.9 Å². The first-order valence-electron chi connectivity index (χ1n) is 22.2. The lowest BCUT2D eigenvalue weighted by Gasteiger charge is -2.52. The Morgan fingerprint density at radius 1 is 0.877 bits per heavy atom. The normalized spacial score (nSPS) is 41.1. The van der Waals surface area contributed by atoms with E-state index in [0.29, 0.717) is 57.8 Å². The van der Waals surface area contributed by atoms with Crippen molar-refractivity contribution in [3.63, 3.8) is 0 Å². The van der Waals surface area contributed by atoms with E-state index in [-0.39, 0.29) is 42.8 Å². The zero-order valence-corrected chi connectivity index (χ0v) is 36.3. The van der Waals surface area contributed by atoms with Crippen LogP contribution in [0.25, 0.3) is 0 Å². The van der Waals surface area contributed by atoms with Gasteiger partial charge in [0.15, 0.2) is 5.79 Å². The van der Waals surface area contributed by atoms with E-state index in [0.717, 1.165) is 19.3 Å². The second-order valence-electron chi connectivity index (χ2n) is 17.9. The molecule has 3 rings (SSSR count). The van der Waals surface area contributed by atoms with E-state index in [9.17, 15) is 35.4 Å². The zero-order valence-electron chi connectivity index (χ0n) is 36.3. The summed E-state index contributed by atoms with van der Waals surface area (Å²) in [6.45, 7) is 13.4. The van der Waals surface area contributed by atoms with Crippen molar-refractivity contribution in [2.75, 3.05) is 7.11 Å². The van der Waals surface area contributed by atoms with Gasteiger partial charge in [0.1, 0.15) is 6.10 Å². The first kappa shape index (κ1) is 49.7. The Balaban J connectivity index is 1.97. The number of esters is 1. The monoisotopic (exact) mass is 809 g/mol. The third-order valence-corrected chi connectivity index (χ3v) is 13.4. The quantitative estimate of drug-likeness (QED) is 0.147. The molecule has 3 heterocycles. The first-order chi connectivity index (χ1) is 27.0. The molecule has 0 aromatic rings. The van der Waals surface area contributed by atoms with Gasteiger partial charge in [-0.25, -0.2) is 4.79 Å². The van der Waals surface area contributed by atoms with Gasteiger partial charge >= 0.3 is 5.97 Å². The predicted molar refractivity (Wildman–Crippen MR) is 222 cm³/mol. The molecular formula is C46H80O11. The summed E-state index contributed by atoms with van der Waals surface area (Å²) < 4.78 is 25.8. The maximum atomic E-state index is 13.7.